The highest BCUT2D eigenvalue weighted by atomic mass is 16.7. The lowest BCUT2D eigenvalue weighted by atomic mass is 10.2. The zero-order chi connectivity index (χ0) is 9.61. The fourth-order valence-corrected chi connectivity index (χ4v) is 0.338. The molecule has 0 saturated carbocycles. The average Bonchev–Trinajstić information content (AvgIpc) is 1.95. The molecule has 12 heavy (non-hydrogen) atoms. The molecule has 0 spiro atoms. The minimum absolute atomic E-state index is 0.243. The Kier molecular flexibility index (Phi) is 4.10. The van der Waals surface area contributed by atoms with Crippen molar-refractivity contribution in [2.75, 3.05) is 6.54 Å². The van der Waals surface area contributed by atoms with Gasteiger partial charge in [-0.1, -0.05) is 5.11 Å². The van der Waals surface area contributed by atoms with Crippen LogP contribution in [0.2, 0.25) is 0 Å². The smallest absolute Gasteiger partial charge is 0.249 e. The van der Waals surface area contributed by atoms with Crippen LogP contribution in [0.4, 0.5) is 0 Å². The summed E-state index contributed by atoms with van der Waals surface area (Å²) in [6.45, 7) is 5.13. The highest BCUT2D eigenvalue weighted by molar-refractivity contribution is 5.76. The van der Waals surface area contributed by atoms with Gasteiger partial charge in [-0.15, -0.1) is 0 Å². The van der Waals surface area contributed by atoms with E-state index in [1.54, 1.807) is 20.8 Å². The molecule has 1 amide bonds. The van der Waals surface area contributed by atoms with Crippen molar-refractivity contribution < 1.29 is 9.63 Å². The molecule has 0 aliphatic carbocycles. The van der Waals surface area contributed by atoms with Crippen LogP contribution in [0.3, 0.4) is 0 Å². The van der Waals surface area contributed by atoms with E-state index in [0.29, 0.717) is 0 Å². The van der Waals surface area contributed by atoms with Crippen LogP contribution in [0.25, 0.3) is 10.4 Å². The van der Waals surface area contributed by atoms with Gasteiger partial charge in [0.25, 0.3) is 0 Å². The molecule has 0 atom stereocenters. The van der Waals surface area contributed by atoms with E-state index in [9.17, 15) is 4.79 Å². The normalized spacial score (nSPS) is 10.2. The Morgan fingerprint density at radius 1 is 1.67 bits per heavy atom. The first-order valence-electron chi connectivity index (χ1n) is 3.43. The number of hydrogen-bond acceptors (Lipinski definition) is 3. The fourth-order valence-electron chi connectivity index (χ4n) is 0.338. The van der Waals surface area contributed by atoms with Gasteiger partial charge in [0.15, 0.2) is 0 Å². The van der Waals surface area contributed by atoms with Gasteiger partial charge in [0.1, 0.15) is 6.54 Å². The van der Waals surface area contributed by atoms with Crippen molar-refractivity contribution >= 4 is 5.91 Å². The van der Waals surface area contributed by atoms with E-state index < -0.39 is 11.5 Å². The molecule has 0 heterocycles. The zero-order valence-electron chi connectivity index (χ0n) is 7.37. The van der Waals surface area contributed by atoms with Crippen LogP contribution < -0.4 is 5.48 Å². The summed E-state index contributed by atoms with van der Waals surface area (Å²) in [5.74, 6) is -0.456. The van der Waals surface area contributed by atoms with Crippen molar-refractivity contribution in [1.82, 2.24) is 5.48 Å². The SMILES string of the molecule is CC(C)(C)ONC(=O)CN=[N+]=[N-]. The molecule has 6 heteroatoms. The molecular weight excluding hydrogens is 160 g/mol. The van der Waals surface area contributed by atoms with Gasteiger partial charge in [-0.25, -0.2) is 5.48 Å². The molecule has 68 valence electrons. The summed E-state index contributed by atoms with van der Waals surface area (Å²) in [4.78, 5) is 18.1. The number of carbonyl (C=O) groups excluding carboxylic acids is 1. The monoisotopic (exact) mass is 172 g/mol. The van der Waals surface area contributed by atoms with Crippen molar-refractivity contribution in [3.8, 4) is 0 Å². The lowest BCUT2D eigenvalue weighted by Gasteiger charge is -2.18. The quantitative estimate of drug-likeness (QED) is 0.299. The minimum atomic E-state index is -0.456. The Morgan fingerprint density at radius 3 is 2.67 bits per heavy atom. The maximum atomic E-state index is 10.7. The Labute approximate surface area is 70.5 Å². The van der Waals surface area contributed by atoms with Gasteiger partial charge in [-0.2, -0.15) is 0 Å². The largest absolute Gasteiger partial charge is 0.273 e. The van der Waals surface area contributed by atoms with Crippen molar-refractivity contribution in [3.05, 3.63) is 10.4 Å². The number of hydrogen-bond donors (Lipinski definition) is 1. The number of nitrogens with zero attached hydrogens (tertiary/aromatic N) is 3. The fraction of sp³-hybridized carbons (Fsp3) is 0.833. The molecule has 0 bridgehead atoms. The highest BCUT2D eigenvalue weighted by Gasteiger charge is 2.11. The van der Waals surface area contributed by atoms with Gasteiger partial charge >= 0.3 is 0 Å². The standard InChI is InChI=1S/C6H12N4O2/c1-6(2,3)12-9-5(11)4-8-10-7/h4H2,1-3H3,(H,9,11). The molecule has 0 aliphatic heterocycles. The van der Waals surface area contributed by atoms with Crippen LogP contribution in [0.5, 0.6) is 0 Å². The molecular formula is C6H12N4O2. The first-order chi connectivity index (χ1) is 5.45. The van der Waals surface area contributed by atoms with Crippen molar-refractivity contribution in [1.29, 1.82) is 0 Å². The summed E-state index contributed by atoms with van der Waals surface area (Å²) in [7, 11) is 0. The van der Waals surface area contributed by atoms with E-state index in [2.05, 4.69) is 15.5 Å². The third kappa shape index (κ3) is 6.85. The summed E-state index contributed by atoms with van der Waals surface area (Å²) >= 11 is 0. The van der Waals surface area contributed by atoms with E-state index in [0.717, 1.165) is 0 Å². The molecule has 1 N–H and O–H groups in total. The van der Waals surface area contributed by atoms with Crippen LogP contribution >= 0.6 is 0 Å². The topological polar surface area (TPSA) is 87.1 Å². The maximum Gasteiger partial charge on any atom is 0.249 e. The maximum absolute atomic E-state index is 10.7. The van der Waals surface area contributed by atoms with Crippen LogP contribution in [-0.4, -0.2) is 18.1 Å². The van der Waals surface area contributed by atoms with Crippen LogP contribution in [0, 0.1) is 0 Å². The van der Waals surface area contributed by atoms with E-state index in [1.807, 2.05) is 0 Å². The molecule has 0 aliphatic rings. The molecule has 0 radical (unpaired) electrons. The molecule has 0 aromatic carbocycles. The second-order valence-electron chi connectivity index (χ2n) is 3.13. The number of nitrogens with one attached hydrogen (secondary N) is 1. The summed E-state index contributed by atoms with van der Waals surface area (Å²) in [5.41, 5.74) is 9.60. The number of rotatable bonds is 3. The summed E-state index contributed by atoms with van der Waals surface area (Å²) in [6.07, 6.45) is 0. The average molecular weight is 172 g/mol. The summed E-state index contributed by atoms with van der Waals surface area (Å²) in [5, 5.41) is 3.06. The van der Waals surface area contributed by atoms with Crippen molar-refractivity contribution in [2.45, 2.75) is 26.4 Å². The van der Waals surface area contributed by atoms with Gasteiger partial charge in [-0.3, -0.25) is 9.63 Å². The number of carbonyl (C=O) groups is 1. The molecule has 0 fully saturated rings. The van der Waals surface area contributed by atoms with Crippen LogP contribution in [0.15, 0.2) is 5.11 Å². The lowest BCUT2D eigenvalue weighted by molar-refractivity contribution is -0.144. The Morgan fingerprint density at radius 2 is 2.25 bits per heavy atom. The third-order valence-electron chi connectivity index (χ3n) is 0.749. The summed E-state index contributed by atoms with van der Waals surface area (Å²) in [6, 6.07) is 0. The van der Waals surface area contributed by atoms with E-state index in [1.165, 1.54) is 0 Å². The Hall–Kier alpha value is -1.26. The van der Waals surface area contributed by atoms with Crippen molar-refractivity contribution in [3.63, 3.8) is 0 Å². The predicted octanol–water partition coefficient (Wildman–Crippen LogP) is 1.14. The number of amides is 1. The van der Waals surface area contributed by atoms with Gasteiger partial charge in [0.05, 0.1) is 5.60 Å². The lowest BCUT2D eigenvalue weighted by Crippen LogP contribution is -2.34. The molecule has 0 saturated heterocycles. The first kappa shape index (κ1) is 10.7. The number of azide groups is 1. The van der Waals surface area contributed by atoms with Gasteiger partial charge in [0.2, 0.25) is 5.91 Å². The highest BCUT2D eigenvalue weighted by Crippen LogP contribution is 2.02. The Balaban J connectivity index is 3.65. The third-order valence-corrected chi connectivity index (χ3v) is 0.749. The van der Waals surface area contributed by atoms with Crippen LogP contribution in [-0.2, 0) is 9.63 Å². The van der Waals surface area contributed by atoms with Gasteiger partial charge in [0, 0.05) is 4.91 Å². The second kappa shape index (κ2) is 4.58. The second-order valence-corrected chi connectivity index (χ2v) is 3.13. The predicted molar refractivity (Wildman–Crippen MR) is 43.0 cm³/mol. The summed E-state index contributed by atoms with van der Waals surface area (Å²) < 4.78 is 0. The Bertz CT molecular complexity index is 202. The molecule has 0 aromatic rings. The first-order valence-corrected chi connectivity index (χ1v) is 3.43. The number of hydroxylamine groups is 1. The minimum Gasteiger partial charge on any atom is -0.273 e. The molecule has 0 rings (SSSR count). The van der Waals surface area contributed by atoms with E-state index >= 15 is 0 Å². The molecule has 0 aromatic heterocycles. The van der Waals surface area contributed by atoms with E-state index in [4.69, 9.17) is 10.4 Å². The van der Waals surface area contributed by atoms with Gasteiger partial charge < -0.3 is 0 Å². The van der Waals surface area contributed by atoms with Gasteiger partial charge in [-0.05, 0) is 26.3 Å². The van der Waals surface area contributed by atoms with Crippen LogP contribution in [0.1, 0.15) is 20.8 Å². The molecule has 6 nitrogen and oxygen atoms in total. The van der Waals surface area contributed by atoms with Crippen molar-refractivity contribution in [2.24, 2.45) is 5.11 Å². The van der Waals surface area contributed by atoms with E-state index in [-0.39, 0.29) is 6.54 Å². The zero-order valence-corrected chi connectivity index (χ0v) is 7.37. The molecule has 0 unspecified atom stereocenters.